The Hall–Kier alpha value is -5.37. The molecule has 0 saturated heterocycles. The highest BCUT2D eigenvalue weighted by atomic mass is 127. The molecule has 0 unspecified atom stereocenters. The summed E-state index contributed by atoms with van der Waals surface area (Å²) >= 11 is 3.99. The Morgan fingerprint density at radius 2 is 1.15 bits per heavy atom. The molecule has 0 radical (unpaired) electrons. The van der Waals surface area contributed by atoms with E-state index in [9.17, 15) is 5.11 Å². The summed E-state index contributed by atoms with van der Waals surface area (Å²) in [6.07, 6.45) is 1.78. The number of phenols is 1. The maximum atomic E-state index is 11.2. The van der Waals surface area contributed by atoms with Crippen LogP contribution in [0, 0.1) is 3.57 Å². The van der Waals surface area contributed by atoms with Gasteiger partial charge in [0.2, 0.25) is 0 Å². The third-order valence-electron chi connectivity index (χ3n) is 9.47. The summed E-state index contributed by atoms with van der Waals surface area (Å²) in [7, 11) is 0. The summed E-state index contributed by atoms with van der Waals surface area (Å²) in [6, 6.07) is 55.3. The average molecular weight is 817 g/mol. The molecular weight excluding hydrogens is 780 g/mol. The number of aromatic hydroxyl groups is 1. The first-order chi connectivity index (χ1) is 25.7. The lowest BCUT2D eigenvalue weighted by molar-refractivity contribution is 0.445. The molecule has 1 N–H and O–H groups in total. The number of phenolic OH excluding ortho intramolecular Hbond substituents is 1. The lowest BCUT2D eigenvalue weighted by Crippen LogP contribution is -2.12. The maximum absolute atomic E-state index is 11.2. The molecule has 53 heavy (non-hydrogen) atoms. The minimum absolute atomic E-state index is 0.202. The minimum Gasteiger partial charge on any atom is -0.507 e. The molecular formula is C48H37IN2OS. The van der Waals surface area contributed by atoms with E-state index in [0.717, 1.165) is 63.4 Å². The second-order valence-corrected chi connectivity index (χ2v) is 16.5. The summed E-state index contributed by atoms with van der Waals surface area (Å²) < 4.78 is 2.16. The number of halogens is 1. The molecule has 258 valence electrons. The number of nitrogens with zero attached hydrogens (tertiary/aromatic N) is 2. The molecule has 0 bridgehead atoms. The summed E-state index contributed by atoms with van der Waals surface area (Å²) in [4.78, 5) is 10.3. The fraction of sp³-hybridized carbons (Fsp3) is 0.0833. The third kappa shape index (κ3) is 7.32. The van der Waals surface area contributed by atoms with Crippen LogP contribution in [0.5, 0.6) is 5.75 Å². The van der Waals surface area contributed by atoms with Crippen LogP contribution >= 0.6 is 33.9 Å². The van der Waals surface area contributed by atoms with Gasteiger partial charge in [0.25, 0.3) is 0 Å². The number of hydrogen-bond acceptors (Lipinski definition) is 4. The zero-order valence-electron chi connectivity index (χ0n) is 29.7. The fourth-order valence-corrected chi connectivity index (χ4v) is 8.45. The number of hydrogen-bond donors (Lipinski definition) is 1. The van der Waals surface area contributed by atoms with E-state index in [1.807, 2.05) is 30.3 Å². The van der Waals surface area contributed by atoms with Gasteiger partial charge in [0.05, 0.1) is 15.9 Å². The highest BCUT2D eigenvalue weighted by Crippen LogP contribution is 2.43. The average Bonchev–Trinajstić information content (AvgIpc) is 3.62. The van der Waals surface area contributed by atoms with Gasteiger partial charge in [-0.25, -0.2) is 4.98 Å². The summed E-state index contributed by atoms with van der Waals surface area (Å²) in [5, 5.41) is 12.1. The number of aromatic nitrogens is 1. The lowest BCUT2D eigenvalue weighted by atomic mass is 9.85. The van der Waals surface area contributed by atoms with Crippen LogP contribution in [-0.2, 0) is 5.41 Å². The highest BCUT2D eigenvalue weighted by Gasteiger charge is 2.21. The van der Waals surface area contributed by atoms with Gasteiger partial charge in [-0.3, -0.25) is 4.99 Å². The van der Waals surface area contributed by atoms with Crippen molar-refractivity contribution in [1.29, 1.82) is 0 Å². The number of rotatable bonds is 7. The largest absolute Gasteiger partial charge is 0.507 e. The first-order valence-corrected chi connectivity index (χ1v) is 19.5. The first kappa shape index (κ1) is 34.7. The first-order valence-electron chi connectivity index (χ1n) is 17.6. The van der Waals surface area contributed by atoms with Crippen molar-refractivity contribution >= 4 is 56.0 Å². The predicted octanol–water partition coefficient (Wildman–Crippen LogP) is 14.0. The van der Waals surface area contributed by atoms with E-state index in [-0.39, 0.29) is 11.2 Å². The summed E-state index contributed by atoms with van der Waals surface area (Å²) in [5.41, 5.74) is 13.3. The molecule has 3 nitrogen and oxygen atoms in total. The molecule has 1 heterocycles. The fourth-order valence-electron chi connectivity index (χ4n) is 6.73. The molecule has 8 rings (SSSR count). The summed E-state index contributed by atoms with van der Waals surface area (Å²) in [6.45, 7) is 6.33. The van der Waals surface area contributed by atoms with Crippen LogP contribution in [0.4, 0.5) is 5.69 Å². The maximum Gasteiger partial charge on any atom is 0.128 e. The van der Waals surface area contributed by atoms with Crippen molar-refractivity contribution < 1.29 is 5.11 Å². The van der Waals surface area contributed by atoms with Gasteiger partial charge in [-0.05, 0) is 115 Å². The molecule has 7 aromatic carbocycles. The normalized spacial score (nSPS) is 11.8. The third-order valence-corrected chi connectivity index (χ3v) is 11.1. The zero-order chi connectivity index (χ0) is 36.5. The van der Waals surface area contributed by atoms with Gasteiger partial charge in [-0.15, -0.1) is 11.3 Å². The van der Waals surface area contributed by atoms with E-state index in [4.69, 9.17) is 9.98 Å². The van der Waals surface area contributed by atoms with E-state index < -0.39 is 0 Å². The van der Waals surface area contributed by atoms with E-state index in [2.05, 4.69) is 171 Å². The highest BCUT2D eigenvalue weighted by molar-refractivity contribution is 14.1. The summed E-state index contributed by atoms with van der Waals surface area (Å²) in [5.74, 6) is 0.269. The van der Waals surface area contributed by atoms with Crippen molar-refractivity contribution in [3.8, 4) is 60.8 Å². The standard InChI is InChI=1S/C48H37IN2OS/c1-48(2,3)42-29-39(49)26-38(46(42)52)30-50-43-23-11-10-22-40(43)47-51-45-41(36-21-13-19-34(25-36)32-16-8-5-9-17-32)27-37(28-44(45)53-47)35-20-12-18-33(24-35)31-14-6-4-7-15-31/h4-30,52H,1-3H3/b50-30+. The molecule has 1 aromatic heterocycles. The van der Waals surface area contributed by atoms with Crippen molar-refractivity contribution in [1.82, 2.24) is 4.98 Å². The van der Waals surface area contributed by atoms with Gasteiger partial charge in [0, 0.05) is 32.0 Å². The van der Waals surface area contributed by atoms with Crippen molar-refractivity contribution in [2.75, 3.05) is 0 Å². The molecule has 0 amide bonds. The van der Waals surface area contributed by atoms with Gasteiger partial charge in [0.15, 0.2) is 0 Å². The van der Waals surface area contributed by atoms with Crippen LogP contribution in [0.1, 0.15) is 31.9 Å². The van der Waals surface area contributed by atoms with Gasteiger partial charge in [0.1, 0.15) is 10.8 Å². The Bertz CT molecular complexity index is 2620. The molecule has 0 fully saturated rings. The van der Waals surface area contributed by atoms with E-state index in [0.29, 0.717) is 5.56 Å². The molecule has 0 aliphatic heterocycles. The van der Waals surface area contributed by atoms with Crippen LogP contribution < -0.4 is 0 Å². The van der Waals surface area contributed by atoms with Crippen molar-refractivity contribution in [3.63, 3.8) is 0 Å². The second kappa shape index (κ2) is 14.6. The van der Waals surface area contributed by atoms with Gasteiger partial charge in [-0.2, -0.15) is 0 Å². The van der Waals surface area contributed by atoms with Gasteiger partial charge >= 0.3 is 0 Å². The number of para-hydroxylation sites is 1. The molecule has 0 atom stereocenters. The van der Waals surface area contributed by atoms with Gasteiger partial charge < -0.3 is 5.11 Å². The van der Waals surface area contributed by atoms with Crippen LogP contribution in [0.3, 0.4) is 0 Å². The SMILES string of the molecule is CC(C)(C)c1cc(I)cc(/C=N/c2ccccc2-c2nc3c(-c4cccc(-c5ccccc5)c4)cc(-c4cccc(-c5ccccc5)c4)cc3s2)c1O. The Morgan fingerprint density at radius 3 is 1.81 bits per heavy atom. The minimum atomic E-state index is -0.202. The van der Waals surface area contributed by atoms with E-state index in [1.54, 1.807) is 17.6 Å². The van der Waals surface area contributed by atoms with Crippen LogP contribution in [0.15, 0.2) is 163 Å². The topological polar surface area (TPSA) is 45.5 Å². The molecule has 0 saturated carbocycles. The Balaban J connectivity index is 1.27. The van der Waals surface area contributed by atoms with E-state index in [1.165, 1.54) is 16.7 Å². The Kier molecular flexibility index (Phi) is 9.54. The van der Waals surface area contributed by atoms with Crippen molar-refractivity contribution in [2.24, 2.45) is 4.99 Å². The van der Waals surface area contributed by atoms with Gasteiger partial charge in [-0.1, -0.05) is 130 Å². The molecule has 5 heteroatoms. The van der Waals surface area contributed by atoms with Crippen molar-refractivity contribution in [2.45, 2.75) is 26.2 Å². The second-order valence-electron chi connectivity index (χ2n) is 14.2. The number of thiazole rings is 1. The molecule has 0 aliphatic rings. The number of fused-ring (bicyclic) bond motifs is 1. The zero-order valence-corrected chi connectivity index (χ0v) is 32.7. The van der Waals surface area contributed by atoms with E-state index >= 15 is 0 Å². The van der Waals surface area contributed by atoms with Crippen LogP contribution in [0.25, 0.3) is 65.3 Å². The smallest absolute Gasteiger partial charge is 0.128 e. The van der Waals surface area contributed by atoms with Crippen molar-refractivity contribution in [3.05, 3.63) is 172 Å². The molecule has 0 spiro atoms. The quantitative estimate of drug-likeness (QED) is 0.129. The lowest BCUT2D eigenvalue weighted by Gasteiger charge is -2.21. The molecule has 0 aliphatic carbocycles. The number of aliphatic imine (C=N–C) groups is 1. The Morgan fingerprint density at radius 1 is 0.585 bits per heavy atom. The number of benzene rings is 7. The van der Waals surface area contributed by atoms with Crippen LogP contribution in [-0.4, -0.2) is 16.3 Å². The Labute approximate surface area is 328 Å². The van der Waals surface area contributed by atoms with Crippen LogP contribution in [0.2, 0.25) is 0 Å². The molecule has 8 aromatic rings. The predicted molar refractivity (Wildman–Crippen MR) is 234 cm³/mol. The monoisotopic (exact) mass is 816 g/mol.